The van der Waals surface area contributed by atoms with Gasteiger partial charge in [0.25, 0.3) is 0 Å². The van der Waals surface area contributed by atoms with Crippen LogP contribution in [0.25, 0.3) is 0 Å². The average Bonchev–Trinajstić information content (AvgIpc) is 2.47. The van der Waals surface area contributed by atoms with Crippen LogP contribution in [0.4, 0.5) is 0 Å². The molecule has 0 radical (unpaired) electrons. The number of hydrogen-bond acceptors (Lipinski definition) is 4. The number of piperidine rings is 1. The SMILES string of the molecule is CCOC1CCCN(CC(O)COc2ccccc2)C1. The van der Waals surface area contributed by atoms with Crippen molar-refractivity contribution in [2.24, 2.45) is 0 Å². The number of likely N-dealkylation sites (tertiary alicyclic amines) is 1. The molecule has 1 saturated heterocycles. The summed E-state index contributed by atoms with van der Waals surface area (Å²) < 4.78 is 11.2. The number of para-hydroxylation sites is 1. The van der Waals surface area contributed by atoms with Gasteiger partial charge in [-0.05, 0) is 38.4 Å². The minimum absolute atomic E-state index is 0.316. The molecule has 1 fully saturated rings. The first kappa shape index (κ1) is 15.3. The van der Waals surface area contributed by atoms with Crippen LogP contribution in [0.5, 0.6) is 5.75 Å². The standard InChI is InChI=1S/C16H25NO3/c1-2-19-16-9-6-10-17(12-16)11-14(18)13-20-15-7-4-3-5-8-15/h3-5,7-8,14,16,18H,2,6,9-13H2,1H3. The number of rotatable bonds is 7. The number of benzene rings is 1. The molecule has 2 unspecified atom stereocenters. The number of aliphatic hydroxyl groups excluding tert-OH is 1. The second-order valence-corrected chi connectivity index (χ2v) is 5.26. The van der Waals surface area contributed by atoms with E-state index < -0.39 is 6.10 Å². The lowest BCUT2D eigenvalue weighted by atomic mass is 10.1. The van der Waals surface area contributed by atoms with Crippen molar-refractivity contribution in [1.82, 2.24) is 4.90 Å². The van der Waals surface area contributed by atoms with Crippen molar-refractivity contribution in [3.05, 3.63) is 30.3 Å². The lowest BCUT2D eigenvalue weighted by Gasteiger charge is -2.33. The lowest BCUT2D eigenvalue weighted by Crippen LogP contribution is -2.44. The summed E-state index contributed by atoms with van der Waals surface area (Å²) >= 11 is 0. The monoisotopic (exact) mass is 279 g/mol. The highest BCUT2D eigenvalue weighted by atomic mass is 16.5. The van der Waals surface area contributed by atoms with E-state index in [0.717, 1.165) is 38.3 Å². The van der Waals surface area contributed by atoms with Gasteiger partial charge in [0, 0.05) is 19.7 Å². The molecule has 2 atom stereocenters. The van der Waals surface area contributed by atoms with Crippen molar-refractivity contribution in [3.63, 3.8) is 0 Å². The Morgan fingerprint density at radius 2 is 2.15 bits per heavy atom. The van der Waals surface area contributed by atoms with E-state index in [1.54, 1.807) is 0 Å². The van der Waals surface area contributed by atoms with E-state index in [1.165, 1.54) is 0 Å². The van der Waals surface area contributed by atoms with Crippen LogP contribution in [-0.4, -0.2) is 55.1 Å². The Balaban J connectivity index is 1.69. The normalized spacial score (nSPS) is 21.6. The first-order chi connectivity index (χ1) is 9.78. The van der Waals surface area contributed by atoms with Crippen LogP contribution in [0.2, 0.25) is 0 Å². The summed E-state index contributed by atoms with van der Waals surface area (Å²) in [5.41, 5.74) is 0. The fraction of sp³-hybridized carbons (Fsp3) is 0.625. The molecule has 0 amide bonds. The Bertz CT molecular complexity index is 369. The van der Waals surface area contributed by atoms with E-state index in [1.807, 2.05) is 37.3 Å². The van der Waals surface area contributed by atoms with Crippen molar-refractivity contribution in [3.8, 4) is 5.75 Å². The predicted molar refractivity (Wildman–Crippen MR) is 79.0 cm³/mol. The summed E-state index contributed by atoms with van der Waals surface area (Å²) in [6.07, 6.45) is 2.12. The van der Waals surface area contributed by atoms with Gasteiger partial charge in [-0.3, -0.25) is 4.90 Å². The Hall–Kier alpha value is -1.10. The molecule has 1 aliphatic heterocycles. The molecule has 0 spiro atoms. The lowest BCUT2D eigenvalue weighted by molar-refractivity contribution is -0.0123. The third-order valence-corrected chi connectivity index (χ3v) is 3.52. The third-order valence-electron chi connectivity index (χ3n) is 3.52. The maximum Gasteiger partial charge on any atom is 0.119 e. The van der Waals surface area contributed by atoms with E-state index in [2.05, 4.69) is 4.90 Å². The molecule has 0 saturated carbocycles. The van der Waals surface area contributed by atoms with Crippen molar-refractivity contribution in [2.45, 2.75) is 32.0 Å². The molecule has 1 N–H and O–H groups in total. The molecular weight excluding hydrogens is 254 g/mol. The molecule has 1 aliphatic rings. The van der Waals surface area contributed by atoms with E-state index in [9.17, 15) is 5.11 Å². The number of nitrogens with zero attached hydrogens (tertiary/aromatic N) is 1. The summed E-state index contributed by atoms with van der Waals surface area (Å²) in [5, 5.41) is 10.1. The van der Waals surface area contributed by atoms with Gasteiger partial charge in [0.2, 0.25) is 0 Å². The van der Waals surface area contributed by atoms with Crippen LogP contribution in [0.15, 0.2) is 30.3 Å². The maximum atomic E-state index is 10.1. The smallest absolute Gasteiger partial charge is 0.119 e. The number of aliphatic hydroxyl groups is 1. The van der Waals surface area contributed by atoms with Crippen LogP contribution in [0.3, 0.4) is 0 Å². The van der Waals surface area contributed by atoms with Gasteiger partial charge in [-0.25, -0.2) is 0 Å². The Morgan fingerprint density at radius 1 is 1.35 bits per heavy atom. The molecular formula is C16H25NO3. The van der Waals surface area contributed by atoms with Crippen molar-refractivity contribution in [1.29, 1.82) is 0 Å². The number of ether oxygens (including phenoxy) is 2. The topological polar surface area (TPSA) is 41.9 Å². The van der Waals surface area contributed by atoms with E-state index in [-0.39, 0.29) is 0 Å². The molecule has 0 aromatic heterocycles. The second-order valence-electron chi connectivity index (χ2n) is 5.26. The predicted octanol–water partition coefficient (Wildman–Crippen LogP) is 1.93. The largest absolute Gasteiger partial charge is 0.491 e. The Kier molecular flexibility index (Phi) is 6.30. The average molecular weight is 279 g/mol. The molecule has 1 aromatic carbocycles. The van der Waals surface area contributed by atoms with Crippen LogP contribution in [-0.2, 0) is 4.74 Å². The highest BCUT2D eigenvalue weighted by molar-refractivity contribution is 5.20. The minimum atomic E-state index is -0.462. The van der Waals surface area contributed by atoms with Crippen molar-refractivity contribution >= 4 is 0 Å². The molecule has 4 nitrogen and oxygen atoms in total. The van der Waals surface area contributed by atoms with Crippen molar-refractivity contribution in [2.75, 3.05) is 32.8 Å². The fourth-order valence-corrected chi connectivity index (χ4v) is 2.61. The first-order valence-corrected chi connectivity index (χ1v) is 7.47. The highest BCUT2D eigenvalue weighted by Crippen LogP contribution is 2.14. The van der Waals surface area contributed by atoms with Gasteiger partial charge in [-0.2, -0.15) is 0 Å². The van der Waals surface area contributed by atoms with E-state index >= 15 is 0 Å². The minimum Gasteiger partial charge on any atom is -0.491 e. The summed E-state index contributed by atoms with van der Waals surface area (Å²) in [6.45, 7) is 5.72. The van der Waals surface area contributed by atoms with Gasteiger partial charge in [0.15, 0.2) is 0 Å². The first-order valence-electron chi connectivity index (χ1n) is 7.47. The Labute approximate surface area is 121 Å². The number of hydrogen-bond donors (Lipinski definition) is 1. The van der Waals surface area contributed by atoms with Crippen LogP contribution in [0, 0.1) is 0 Å². The quantitative estimate of drug-likeness (QED) is 0.828. The van der Waals surface area contributed by atoms with Crippen LogP contribution < -0.4 is 4.74 Å². The molecule has 20 heavy (non-hydrogen) atoms. The van der Waals surface area contributed by atoms with Gasteiger partial charge in [-0.1, -0.05) is 18.2 Å². The van der Waals surface area contributed by atoms with E-state index in [0.29, 0.717) is 19.3 Å². The molecule has 1 aromatic rings. The zero-order valence-electron chi connectivity index (χ0n) is 12.2. The van der Waals surface area contributed by atoms with E-state index in [4.69, 9.17) is 9.47 Å². The van der Waals surface area contributed by atoms with Gasteiger partial charge in [0.05, 0.1) is 6.10 Å². The molecule has 2 rings (SSSR count). The van der Waals surface area contributed by atoms with Crippen LogP contribution in [0.1, 0.15) is 19.8 Å². The Morgan fingerprint density at radius 3 is 2.90 bits per heavy atom. The molecule has 4 heteroatoms. The van der Waals surface area contributed by atoms with Gasteiger partial charge in [-0.15, -0.1) is 0 Å². The zero-order chi connectivity index (χ0) is 14.2. The second kappa shape index (κ2) is 8.25. The summed E-state index contributed by atoms with van der Waals surface area (Å²) in [6, 6.07) is 9.61. The van der Waals surface area contributed by atoms with Crippen LogP contribution >= 0.6 is 0 Å². The molecule has 1 heterocycles. The van der Waals surface area contributed by atoms with Gasteiger partial charge >= 0.3 is 0 Å². The third kappa shape index (κ3) is 5.12. The molecule has 0 bridgehead atoms. The molecule has 0 aliphatic carbocycles. The maximum absolute atomic E-state index is 10.1. The van der Waals surface area contributed by atoms with Crippen molar-refractivity contribution < 1.29 is 14.6 Å². The van der Waals surface area contributed by atoms with Gasteiger partial charge < -0.3 is 14.6 Å². The fourth-order valence-electron chi connectivity index (χ4n) is 2.61. The summed E-state index contributed by atoms with van der Waals surface area (Å²) in [7, 11) is 0. The number of β-amino-alcohol motifs (C(OH)–C–C–N with tert-alkyl or cyclic N) is 1. The highest BCUT2D eigenvalue weighted by Gasteiger charge is 2.22. The summed E-state index contributed by atoms with van der Waals surface area (Å²) in [4.78, 5) is 2.27. The summed E-state index contributed by atoms with van der Waals surface area (Å²) in [5.74, 6) is 0.803. The van der Waals surface area contributed by atoms with Gasteiger partial charge in [0.1, 0.15) is 18.5 Å². The molecule has 112 valence electrons. The zero-order valence-corrected chi connectivity index (χ0v) is 12.2.